The summed E-state index contributed by atoms with van der Waals surface area (Å²) < 4.78 is 2.42. The topological polar surface area (TPSA) is 37.3 Å². The molecule has 0 aromatic carbocycles. The van der Waals surface area contributed by atoms with Crippen molar-refractivity contribution in [2.24, 2.45) is 0 Å². The highest BCUT2D eigenvalue weighted by molar-refractivity contribution is 5.74. The molecule has 0 atom stereocenters. The Morgan fingerprint density at radius 2 is 2.00 bits per heavy atom. The van der Waals surface area contributed by atoms with Gasteiger partial charge in [0, 0.05) is 37.1 Å². The summed E-state index contributed by atoms with van der Waals surface area (Å²) in [5.74, 6) is 0. The third-order valence-corrected chi connectivity index (χ3v) is 3.98. The molecule has 0 bridgehead atoms. The van der Waals surface area contributed by atoms with Crippen LogP contribution in [-0.4, -0.2) is 28.6 Å². The van der Waals surface area contributed by atoms with Crippen LogP contribution in [0.2, 0.25) is 0 Å². The normalized spacial score (nSPS) is 14.5. The van der Waals surface area contributed by atoms with Crippen LogP contribution in [0.1, 0.15) is 49.7 Å². The summed E-state index contributed by atoms with van der Waals surface area (Å²) >= 11 is 0. The average Bonchev–Trinajstić information content (AvgIpc) is 3.16. The molecule has 4 nitrogen and oxygen atoms in total. The van der Waals surface area contributed by atoms with Crippen molar-refractivity contribution in [2.75, 3.05) is 13.1 Å². The average molecular weight is 263 g/mol. The highest BCUT2D eigenvalue weighted by Gasteiger charge is 2.26. The molecule has 2 amide bonds. The lowest BCUT2D eigenvalue weighted by atomic mass is 10.2. The summed E-state index contributed by atoms with van der Waals surface area (Å²) in [4.78, 5) is 13.7. The smallest absolute Gasteiger partial charge is 0.317 e. The van der Waals surface area contributed by atoms with Gasteiger partial charge in [0.05, 0.1) is 0 Å². The number of rotatable bonds is 5. The van der Waals surface area contributed by atoms with Crippen molar-refractivity contribution < 1.29 is 4.79 Å². The van der Waals surface area contributed by atoms with Gasteiger partial charge >= 0.3 is 6.03 Å². The minimum atomic E-state index is 0.0289. The first-order valence-electron chi connectivity index (χ1n) is 7.28. The molecule has 2 rings (SSSR count). The van der Waals surface area contributed by atoms with Crippen molar-refractivity contribution >= 4 is 6.03 Å². The SMILES string of the molecule is CCN(CC)C(=O)NCc1cc(C)n(C2CC2)c1C. The van der Waals surface area contributed by atoms with Crippen molar-refractivity contribution in [3.05, 3.63) is 23.0 Å². The summed E-state index contributed by atoms with van der Waals surface area (Å²) in [6, 6.07) is 2.93. The maximum atomic E-state index is 11.9. The van der Waals surface area contributed by atoms with Gasteiger partial charge in [-0.3, -0.25) is 0 Å². The number of carbonyl (C=O) groups excluding carboxylic acids is 1. The summed E-state index contributed by atoms with van der Waals surface area (Å²) in [5, 5.41) is 3.02. The summed E-state index contributed by atoms with van der Waals surface area (Å²) in [6.07, 6.45) is 2.59. The van der Waals surface area contributed by atoms with Crippen LogP contribution in [0.4, 0.5) is 4.79 Å². The Morgan fingerprint density at radius 1 is 1.37 bits per heavy atom. The van der Waals surface area contributed by atoms with Gasteiger partial charge in [-0.15, -0.1) is 0 Å². The fraction of sp³-hybridized carbons (Fsp3) is 0.667. The van der Waals surface area contributed by atoms with Gasteiger partial charge in [0.1, 0.15) is 0 Å². The van der Waals surface area contributed by atoms with Gasteiger partial charge < -0.3 is 14.8 Å². The molecule has 1 aliphatic carbocycles. The first-order chi connectivity index (χ1) is 9.08. The van der Waals surface area contributed by atoms with Crippen LogP contribution in [0.25, 0.3) is 0 Å². The van der Waals surface area contributed by atoms with Gasteiger partial charge in [-0.05, 0) is 52.2 Å². The van der Waals surface area contributed by atoms with Gasteiger partial charge in [-0.1, -0.05) is 0 Å². The van der Waals surface area contributed by atoms with E-state index >= 15 is 0 Å². The van der Waals surface area contributed by atoms with E-state index in [2.05, 4.69) is 29.8 Å². The largest absolute Gasteiger partial charge is 0.346 e. The number of amides is 2. The Balaban J connectivity index is 2.00. The molecule has 1 fully saturated rings. The second-order valence-electron chi connectivity index (χ2n) is 5.33. The first kappa shape index (κ1) is 14.0. The minimum Gasteiger partial charge on any atom is -0.346 e. The lowest BCUT2D eigenvalue weighted by Gasteiger charge is -2.19. The fourth-order valence-corrected chi connectivity index (χ4v) is 2.71. The second-order valence-corrected chi connectivity index (χ2v) is 5.33. The Bertz CT molecular complexity index is 456. The van der Waals surface area contributed by atoms with Crippen molar-refractivity contribution in [3.63, 3.8) is 0 Å². The van der Waals surface area contributed by atoms with Crippen LogP contribution in [0.3, 0.4) is 0 Å². The number of nitrogens with zero attached hydrogens (tertiary/aromatic N) is 2. The third kappa shape index (κ3) is 2.94. The molecule has 1 aliphatic rings. The van der Waals surface area contributed by atoms with Crippen LogP contribution in [0, 0.1) is 13.8 Å². The fourth-order valence-electron chi connectivity index (χ4n) is 2.71. The second kappa shape index (κ2) is 5.68. The zero-order valence-corrected chi connectivity index (χ0v) is 12.5. The van der Waals surface area contributed by atoms with Crippen LogP contribution in [0.15, 0.2) is 6.07 Å². The monoisotopic (exact) mass is 263 g/mol. The van der Waals surface area contributed by atoms with E-state index in [1.807, 2.05) is 13.8 Å². The summed E-state index contributed by atoms with van der Waals surface area (Å²) in [5.41, 5.74) is 3.86. The number of aromatic nitrogens is 1. The number of aryl methyl sites for hydroxylation is 1. The Hall–Kier alpha value is -1.45. The van der Waals surface area contributed by atoms with Crippen LogP contribution < -0.4 is 5.32 Å². The molecule has 1 heterocycles. The van der Waals surface area contributed by atoms with E-state index in [9.17, 15) is 4.79 Å². The molecule has 0 saturated heterocycles. The standard InChI is InChI=1S/C15H25N3O/c1-5-17(6-2)15(19)16-10-13-9-11(3)18(12(13)4)14-7-8-14/h9,14H,5-8,10H2,1-4H3,(H,16,19). The number of hydrogen-bond acceptors (Lipinski definition) is 1. The van der Waals surface area contributed by atoms with E-state index in [0.29, 0.717) is 12.6 Å². The number of nitrogens with one attached hydrogen (secondary N) is 1. The molecule has 1 aromatic heterocycles. The van der Waals surface area contributed by atoms with Crippen molar-refractivity contribution in [1.29, 1.82) is 0 Å². The lowest BCUT2D eigenvalue weighted by Crippen LogP contribution is -2.39. The maximum absolute atomic E-state index is 11.9. The highest BCUT2D eigenvalue weighted by Crippen LogP contribution is 2.38. The summed E-state index contributed by atoms with van der Waals surface area (Å²) in [7, 11) is 0. The van der Waals surface area contributed by atoms with Crippen molar-refractivity contribution in [1.82, 2.24) is 14.8 Å². The van der Waals surface area contributed by atoms with Crippen LogP contribution >= 0.6 is 0 Å². The lowest BCUT2D eigenvalue weighted by molar-refractivity contribution is 0.203. The molecule has 19 heavy (non-hydrogen) atoms. The predicted octanol–water partition coefficient (Wildman–Crippen LogP) is 2.99. The van der Waals surface area contributed by atoms with E-state index in [-0.39, 0.29) is 6.03 Å². The number of hydrogen-bond donors (Lipinski definition) is 1. The first-order valence-corrected chi connectivity index (χ1v) is 7.28. The zero-order chi connectivity index (χ0) is 14.0. The summed E-state index contributed by atoms with van der Waals surface area (Å²) in [6.45, 7) is 10.4. The molecule has 0 unspecified atom stereocenters. The van der Waals surface area contributed by atoms with E-state index in [4.69, 9.17) is 0 Å². The molecule has 1 N–H and O–H groups in total. The van der Waals surface area contributed by atoms with E-state index in [1.165, 1.54) is 29.8 Å². The van der Waals surface area contributed by atoms with Crippen LogP contribution in [0.5, 0.6) is 0 Å². The highest BCUT2D eigenvalue weighted by atomic mass is 16.2. The number of urea groups is 1. The molecular weight excluding hydrogens is 238 g/mol. The van der Waals surface area contributed by atoms with E-state index in [0.717, 1.165) is 13.1 Å². The molecule has 1 saturated carbocycles. The van der Waals surface area contributed by atoms with Gasteiger partial charge in [0.15, 0.2) is 0 Å². The molecule has 1 aromatic rings. The minimum absolute atomic E-state index is 0.0289. The predicted molar refractivity (Wildman–Crippen MR) is 77.3 cm³/mol. The Morgan fingerprint density at radius 3 is 2.53 bits per heavy atom. The van der Waals surface area contributed by atoms with Gasteiger partial charge in [-0.25, -0.2) is 4.79 Å². The zero-order valence-electron chi connectivity index (χ0n) is 12.5. The van der Waals surface area contributed by atoms with E-state index in [1.54, 1.807) is 4.90 Å². The van der Waals surface area contributed by atoms with E-state index < -0.39 is 0 Å². The number of carbonyl (C=O) groups is 1. The molecule has 4 heteroatoms. The third-order valence-electron chi connectivity index (χ3n) is 3.98. The Labute approximate surface area is 115 Å². The Kier molecular flexibility index (Phi) is 4.17. The molecule has 106 valence electrons. The molecule has 0 aliphatic heterocycles. The van der Waals surface area contributed by atoms with Gasteiger partial charge in [0.25, 0.3) is 0 Å². The van der Waals surface area contributed by atoms with Gasteiger partial charge in [0.2, 0.25) is 0 Å². The van der Waals surface area contributed by atoms with Crippen LogP contribution in [-0.2, 0) is 6.54 Å². The maximum Gasteiger partial charge on any atom is 0.317 e. The van der Waals surface area contributed by atoms with Crippen molar-refractivity contribution in [3.8, 4) is 0 Å². The molecule has 0 radical (unpaired) electrons. The van der Waals surface area contributed by atoms with Crippen molar-refractivity contribution in [2.45, 2.75) is 53.1 Å². The van der Waals surface area contributed by atoms with Gasteiger partial charge in [-0.2, -0.15) is 0 Å². The molecular formula is C15H25N3O. The quantitative estimate of drug-likeness (QED) is 0.871. The molecule has 0 spiro atoms.